The molecule has 1 aromatic carbocycles. The zero-order valence-electron chi connectivity index (χ0n) is 11.9. The number of benzene rings is 1. The van der Waals surface area contributed by atoms with Crippen molar-refractivity contribution in [2.45, 2.75) is 45.1 Å². The summed E-state index contributed by atoms with van der Waals surface area (Å²) in [6, 6.07) is 7.98. The number of rotatable bonds is 3. The average molecular weight is 271 g/mol. The van der Waals surface area contributed by atoms with Crippen LogP contribution in [0, 0.1) is 5.92 Å². The van der Waals surface area contributed by atoms with Gasteiger partial charge in [-0.25, -0.2) is 0 Å². The standard InChI is InChI=1S/C16H21N3O/c1-11-3-2-4-14(9-11)15-18-16(20-19-15)13-7-5-12(10-17)6-8-13/h5-8,11,14H,2-4,9-10,17H2,1H3. The molecular formula is C16H21N3O. The van der Waals surface area contributed by atoms with Gasteiger partial charge in [0.15, 0.2) is 5.82 Å². The second-order valence-electron chi connectivity index (χ2n) is 5.83. The third kappa shape index (κ3) is 2.75. The summed E-state index contributed by atoms with van der Waals surface area (Å²) in [6.07, 6.45) is 4.93. The second kappa shape index (κ2) is 5.75. The van der Waals surface area contributed by atoms with Crippen molar-refractivity contribution in [2.24, 2.45) is 11.7 Å². The molecule has 1 heterocycles. The molecule has 0 bridgehead atoms. The van der Waals surface area contributed by atoms with Crippen LogP contribution in [0.4, 0.5) is 0 Å². The quantitative estimate of drug-likeness (QED) is 0.928. The van der Waals surface area contributed by atoms with Crippen LogP contribution >= 0.6 is 0 Å². The maximum absolute atomic E-state index is 5.60. The minimum absolute atomic E-state index is 0.458. The second-order valence-corrected chi connectivity index (χ2v) is 5.83. The van der Waals surface area contributed by atoms with Crippen molar-refractivity contribution >= 4 is 0 Å². The average Bonchev–Trinajstić information content (AvgIpc) is 2.97. The van der Waals surface area contributed by atoms with Crippen molar-refractivity contribution in [3.8, 4) is 11.5 Å². The van der Waals surface area contributed by atoms with Crippen LogP contribution in [-0.2, 0) is 6.54 Å². The molecule has 2 N–H and O–H groups in total. The molecule has 0 radical (unpaired) electrons. The van der Waals surface area contributed by atoms with Crippen molar-refractivity contribution in [3.63, 3.8) is 0 Å². The highest BCUT2D eigenvalue weighted by molar-refractivity contribution is 5.53. The predicted octanol–water partition coefficient (Wildman–Crippen LogP) is 3.49. The van der Waals surface area contributed by atoms with E-state index in [1.807, 2.05) is 24.3 Å². The third-order valence-corrected chi connectivity index (χ3v) is 4.18. The van der Waals surface area contributed by atoms with Gasteiger partial charge in [-0.2, -0.15) is 4.98 Å². The molecule has 3 rings (SSSR count). The maximum Gasteiger partial charge on any atom is 0.257 e. The molecule has 2 aromatic rings. The van der Waals surface area contributed by atoms with E-state index in [9.17, 15) is 0 Å². The zero-order valence-corrected chi connectivity index (χ0v) is 11.9. The van der Waals surface area contributed by atoms with E-state index in [4.69, 9.17) is 10.3 Å². The van der Waals surface area contributed by atoms with Crippen molar-refractivity contribution in [1.29, 1.82) is 0 Å². The Balaban J connectivity index is 1.78. The first-order valence-corrected chi connectivity index (χ1v) is 7.39. The van der Waals surface area contributed by atoms with Gasteiger partial charge in [0, 0.05) is 18.0 Å². The summed E-state index contributed by atoms with van der Waals surface area (Å²) < 4.78 is 5.42. The van der Waals surface area contributed by atoms with Gasteiger partial charge >= 0.3 is 0 Å². The molecular weight excluding hydrogens is 250 g/mol. The number of nitrogens with two attached hydrogens (primary N) is 1. The lowest BCUT2D eigenvalue weighted by molar-refractivity contribution is 0.324. The fourth-order valence-electron chi connectivity index (χ4n) is 2.97. The largest absolute Gasteiger partial charge is 0.334 e. The minimum atomic E-state index is 0.458. The van der Waals surface area contributed by atoms with Crippen molar-refractivity contribution in [2.75, 3.05) is 0 Å². The maximum atomic E-state index is 5.60. The molecule has 2 atom stereocenters. The fraction of sp³-hybridized carbons (Fsp3) is 0.500. The molecule has 106 valence electrons. The van der Waals surface area contributed by atoms with E-state index < -0.39 is 0 Å². The van der Waals surface area contributed by atoms with Crippen molar-refractivity contribution in [3.05, 3.63) is 35.7 Å². The Morgan fingerprint density at radius 1 is 1.25 bits per heavy atom. The first kappa shape index (κ1) is 13.3. The molecule has 0 spiro atoms. The molecule has 20 heavy (non-hydrogen) atoms. The Morgan fingerprint density at radius 2 is 2.05 bits per heavy atom. The first-order chi connectivity index (χ1) is 9.76. The molecule has 1 fully saturated rings. The van der Waals surface area contributed by atoms with Crippen LogP contribution < -0.4 is 5.73 Å². The molecule has 2 unspecified atom stereocenters. The number of hydrogen-bond acceptors (Lipinski definition) is 4. The van der Waals surface area contributed by atoms with E-state index in [2.05, 4.69) is 17.1 Å². The van der Waals surface area contributed by atoms with E-state index in [1.165, 1.54) is 25.7 Å². The fourth-order valence-corrected chi connectivity index (χ4v) is 2.97. The Morgan fingerprint density at radius 3 is 2.75 bits per heavy atom. The van der Waals surface area contributed by atoms with Gasteiger partial charge < -0.3 is 10.3 Å². The van der Waals surface area contributed by atoms with Gasteiger partial charge in [-0.05, 0) is 36.5 Å². The van der Waals surface area contributed by atoms with E-state index in [0.717, 1.165) is 22.9 Å². The SMILES string of the molecule is CC1CCCC(c2noc(-c3ccc(CN)cc3)n2)C1. The normalized spacial score (nSPS) is 22.9. The van der Waals surface area contributed by atoms with Gasteiger partial charge in [-0.15, -0.1) is 0 Å². The van der Waals surface area contributed by atoms with Crippen LogP contribution in [0.5, 0.6) is 0 Å². The Kier molecular flexibility index (Phi) is 3.83. The summed E-state index contributed by atoms with van der Waals surface area (Å²) in [5, 5.41) is 4.18. The molecule has 0 aliphatic heterocycles. The summed E-state index contributed by atoms with van der Waals surface area (Å²) in [7, 11) is 0. The number of hydrogen-bond donors (Lipinski definition) is 1. The van der Waals surface area contributed by atoms with Crippen LogP contribution in [0.3, 0.4) is 0 Å². The molecule has 1 aliphatic carbocycles. The van der Waals surface area contributed by atoms with Gasteiger partial charge in [-0.1, -0.05) is 37.1 Å². The predicted molar refractivity (Wildman–Crippen MR) is 78.0 cm³/mol. The van der Waals surface area contributed by atoms with Crippen molar-refractivity contribution in [1.82, 2.24) is 10.1 Å². The third-order valence-electron chi connectivity index (χ3n) is 4.18. The van der Waals surface area contributed by atoms with Crippen LogP contribution in [0.1, 0.15) is 49.9 Å². The van der Waals surface area contributed by atoms with Gasteiger partial charge in [-0.3, -0.25) is 0 Å². The smallest absolute Gasteiger partial charge is 0.257 e. The summed E-state index contributed by atoms with van der Waals surface area (Å²) in [5.74, 6) is 2.70. The Bertz CT molecular complexity index is 561. The first-order valence-electron chi connectivity index (χ1n) is 7.39. The van der Waals surface area contributed by atoms with Crippen molar-refractivity contribution < 1.29 is 4.52 Å². The molecule has 0 saturated heterocycles. The highest BCUT2D eigenvalue weighted by Crippen LogP contribution is 2.35. The topological polar surface area (TPSA) is 64.9 Å². The molecule has 4 heteroatoms. The van der Waals surface area contributed by atoms with Crippen LogP contribution in [0.15, 0.2) is 28.8 Å². The lowest BCUT2D eigenvalue weighted by Crippen LogP contribution is -2.12. The summed E-state index contributed by atoms with van der Waals surface area (Å²) in [5.41, 5.74) is 7.67. The van der Waals surface area contributed by atoms with E-state index in [1.54, 1.807) is 0 Å². The summed E-state index contributed by atoms with van der Waals surface area (Å²) >= 11 is 0. The zero-order chi connectivity index (χ0) is 13.9. The summed E-state index contributed by atoms with van der Waals surface area (Å²) in [6.45, 7) is 2.86. The van der Waals surface area contributed by atoms with Crippen LogP contribution in [0.25, 0.3) is 11.5 Å². The molecule has 0 amide bonds. The molecule has 1 aromatic heterocycles. The molecule has 4 nitrogen and oxygen atoms in total. The summed E-state index contributed by atoms with van der Waals surface area (Å²) in [4.78, 5) is 4.59. The van der Waals surface area contributed by atoms with Gasteiger partial charge in [0.1, 0.15) is 0 Å². The minimum Gasteiger partial charge on any atom is -0.334 e. The van der Waals surface area contributed by atoms with E-state index in [0.29, 0.717) is 18.4 Å². The van der Waals surface area contributed by atoms with Gasteiger partial charge in [0.05, 0.1) is 0 Å². The monoisotopic (exact) mass is 271 g/mol. The van der Waals surface area contributed by atoms with Crippen LogP contribution in [0.2, 0.25) is 0 Å². The van der Waals surface area contributed by atoms with E-state index in [-0.39, 0.29) is 0 Å². The van der Waals surface area contributed by atoms with Gasteiger partial charge in [0.25, 0.3) is 5.89 Å². The van der Waals surface area contributed by atoms with E-state index >= 15 is 0 Å². The Hall–Kier alpha value is -1.68. The number of aromatic nitrogens is 2. The lowest BCUT2D eigenvalue weighted by atomic mass is 9.82. The highest BCUT2D eigenvalue weighted by Gasteiger charge is 2.24. The molecule has 1 aliphatic rings. The van der Waals surface area contributed by atoms with Gasteiger partial charge in [0.2, 0.25) is 0 Å². The highest BCUT2D eigenvalue weighted by atomic mass is 16.5. The number of nitrogens with zero attached hydrogens (tertiary/aromatic N) is 2. The van der Waals surface area contributed by atoms with Crippen LogP contribution in [-0.4, -0.2) is 10.1 Å². The molecule has 1 saturated carbocycles. The Labute approximate surface area is 119 Å². The lowest BCUT2D eigenvalue weighted by Gasteiger charge is -2.23.